The quantitative estimate of drug-likeness (QED) is 0.362. The lowest BCUT2D eigenvalue weighted by Gasteiger charge is -2.09. The minimum absolute atomic E-state index is 0.00567. The molecule has 0 radical (unpaired) electrons. The van der Waals surface area contributed by atoms with Crippen molar-refractivity contribution in [1.82, 2.24) is 5.43 Å². The van der Waals surface area contributed by atoms with E-state index in [1.54, 1.807) is 49.4 Å². The average Bonchev–Trinajstić information content (AvgIpc) is 2.64. The summed E-state index contributed by atoms with van der Waals surface area (Å²) >= 11 is 0. The zero-order valence-electron chi connectivity index (χ0n) is 13.6. The van der Waals surface area contributed by atoms with Crippen molar-refractivity contribution in [2.75, 3.05) is 6.61 Å². The second-order valence-corrected chi connectivity index (χ2v) is 5.04. The highest BCUT2D eigenvalue weighted by Gasteiger charge is 2.11. The lowest BCUT2D eigenvalue weighted by molar-refractivity contribution is -0.384. The van der Waals surface area contributed by atoms with E-state index in [1.165, 1.54) is 12.1 Å². The van der Waals surface area contributed by atoms with Crippen LogP contribution in [-0.2, 0) is 0 Å². The predicted octanol–water partition coefficient (Wildman–Crippen LogP) is 3.31. The van der Waals surface area contributed by atoms with Gasteiger partial charge in [0, 0.05) is 12.1 Å². The molecule has 0 aliphatic heterocycles. The monoisotopic (exact) mass is 339 g/mol. The van der Waals surface area contributed by atoms with Gasteiger partial charge in [0.15, 0.2) is 0 Å². The molecule has 0 saturated carbocycles. The Morgan fingerprint density at radius 1 is 1.28 bits per heavy atom. The number of hydrogen-bond donors (Lipinski definition) is 1. The Kier molecular flexibility index (Phi) is 6.00. The van der Waals surface area contributed by atoms with Crippen molar-refractivity contribution in [2.24, 2.45) is 5.10 Å². The van der Waals surface area contributed by atoms with Crippen LogP contribution in [0.25, 0.3) is 0 Å². The smallest absolute Gasteiger partial charge is 0.275 e. The van der Waals surface area contributed by atoms with Crippen LogP contribution < -0.4 is 10.2 Å². The van der Waals surface area contributed by atoms with Crippen LogP contribution in [0.3, 0.4) is 0 Å². The van der Waals surface area contributed by atoms with Crippen LogP contribution in [0.15, 0.2) is 66.3 Å². The highest BCUT2D eigenvalue weighted by atomic mass is 16.6. The van der Waals surface area contributed by atoms with Crippen molar-refractivity contribution >= 4 is 17.3 Å². The Morgan fingerprint density at radius 3 is 2.60 bits per heavy atom. The van der Waals surface area contributed by atoms with Crippen LogP contribution in [0.4, 0.5) is 5.69 Å². The third-order valence-electron chi connectivity index (χ3n) is 3.31. The zero-order valence-corrected chi connectivity index (χ0v) is 13.6. The van der Waals surface area contributed by atoms with Gasteiger partial charge in [-0.1, -0.05) is 24.8 Å². The maximum atomic E-state index is 12.3. The SMILES string of the molecule is C=CCOc1ccccc1C(=O)N/N=C(\C)c1ccc([N+](=O)[O-])cc1. The summed E-state index contributed by atoms with van der Waals surface area (Å²) in [7, 11) is 0. The number of rotatable bonds is 7. The zero-order chi connectivity index (χ0) is 18.2. The molecule has 25 heavy (non-hydrogen) atoms. The van der Waals surface area contributed by atoms with Crippen LogP contribution in [0.5, 0.6) is 5.75 Å². The fourth-order valence-electron chi connectivity index (χ4n) is 2.01. The van der Waals surface area contributed by atoms with Gasteiger partial charge < -0.3 is 4.74 Å². The second-order valence-electron chi connectivity index (χ2n) is 5.04. The molecular formula is C18H17N3O4. The molecule has 7 heteroatoms. The van der Waals surface area contributed by atoms with Gasteiger partial charge in [0.2, 0.25) is 0 Å². The van der Waals surface area contributed by atoms with Crippen LogP contribution in [-0.4, -0.2) is 23.1 Å². The molecule has 0 aromatic heterocycles. The van der Waals surface area contributed by atoms with Gasteiger partial charge in [-0.15, -0.1) is 0 Å². The molecule has 0 atom stereocenters. The molecule has 2 aromatic rings. The summed E-state index contributed by atoms with van der Waals surface area (Å²) in [5, 5.41) is 14.7. The molecule has 0 bridgehead atoms. The first-order chi connectivity index (χ1) is 12.0. The standard InChI is InChI=1S/C18H17N3O4/c1-3-12-25-17-7-5-4-6-16(17)18(22)20-19-13(2)14-8-10-15(11-9-14)21(23)24/h3-11H,1,12H2,2H3,(H,20,22)/b19-13+. The number of nitrogens with zero attached hydrogens (tertiary/aromatic N) is 2. The van der Waals surface area contributed by atoms with Crippen LogP contribution >= 0.6 is 0 Å². The highest BCUT2D eigenvalue weighted by molar-refractivity contribution is 6.01. The van der Waals surface area contributed by atoms with E-state index < -0.39 is 10.8 Å². The number of carbonyl (C=O) groups excluding carboxylic acids is 1. The van der Waals surface area contributed by atoms with Gasteiger partial charge in [-0.3, -0.25) is 14.9 Å². The van der Waals surface area contributed by atoms with Crippen molar-refractivity contribution < 1.29 is 14.5 Å². The molecule has 7 nitrogen and oxygen atoms in total. The number of para-hydroxylation sites is 1. The van der Waals surface area contributed by atoms with Gasteiger partial charge in [-0.25, -0.2) is 5.43 Å². The third-order valence-corrected chi connectivity index (χ3v) is 3.31. The molecule has 0 aliphatic rings. The fraction of sp³-hybridized carbons (Fsp3) is 0.111. The summed E-state index contributed by atoms with van der Waals surface area (Å²) in [6.45, 7) is 5.55. The number of amides is 1. The maximum Gasteiger partial charge on any atom is 0.275 e. The van der Waals surface area contributed by atoms with Crippen molar-refractivity contribution in [3.05, 3.63) is 82.4 Å². The first-order valence-corrected chi connectivity index (χ1v) is 7.45. The van der Waals surface area contributed by atoms with E-state index in [-0.39, 0.29) is 12.3 Å². The van der Waals surface area contributed by atoms with Gasteiger partial charge in [0.25, 0.3) is 11.6 Å². The number of nitrogens with one attached hydrogen (secondary N) is 1. The number of non-ortho nitro benzene ring substituents is 1. The van der Waals surface area contributed by atoms with Crippen molar-refractivity contribution in [3.8, 4) is 5.75 Å². The predicted molar refractivity (Wildman–Crippen MR) is 94.9 cm³/mol. The first-order valence-electron chi connectivity index (χ1n) is 7.45. The Labute approximate surface area is 144 Å². The number of ether oxygens (including phenoxy) is 1. The van der Waals surface area contributed by atoms with Crippen molar-refractivity contribution in [1.29, 1.82) is 0 Å². The lowest BCUT2D eigenvalue weighted by atomic mass is 10.1. The van der Waals surface area contributed by atoms with Crippen LogP contribution in [0, 0.1) is 10.1 Å². The van der Waals surface area contributed by atoms with E-state index in [9.17, 15) is 14.9 Å². The molecule has 0 aliphatic carbocycles. The van der Waals surface area contributed by atoms with Crippen molar-refractivity contribution in [2.45, 2.75) is 6.92 Å². The van der Waals surface area contributed by atoms with E-state index in [2.05, 4.69) is 17.1 Å². The van der Waals surface area contributed by atoms with Gasteiger partial charge in [-0.2, -0.15) is 5.10 Å². The van der Waals surface area contributed by atoms with E-state index in [0.717, 1.165) is 0 Å². The molecule has 128 valence electrons. The minimum atomic E-state index is -0.474. The summed E-state index contributed by atoms with van der Waals surface area (Å²) in [6.07, 6.45) is 1.59. The molecule has 0 heterocycles. The number of benzene rings is 2. The van der Waals surface area contributed by atoms with Crippen LogP contribution in [0.2, 0.25) is 0 Å². The largest absolute Gasteiger partial charge is 0.489 e. The summed E-state index contributed by atoms with van der Waals surface area (Å²) in [4.78, 5) is 22.5. The van der Waals surface area contributed by atoms with Gasteiger partial charge in [0.1, 0.15) is 12.4 Å². The summed E-state index contributed by atoms with van der Waals surface area (Å²) in [5.41, 5.74) is 4.00. The van der Waals surface area contributed by atoms with E-state index in [0.29, 0.717) is 22.6 Å². The molecule has 1 amide bonds. The Hall–Kier alpha value is -3.48. The first kappa shape index (κ1) is 17.9. The van der Waals surface area contributed by atoms with Crippen molar-refractivity contribution in [3.63, 3.8) is 0 Å². The van der Waals surface area contributed by atoms with Crippen LogP contribution in [0.1, 0.15) is 22.8 Å². The molecule has 2 aromatic carbocycles. The highest BCUT2D eigenvalue weighted by Crippen LogP contribution is 2.18. The topological polar surface area (TPSA) is 93.8 Å². The van der Waals surface area contributed by atoms with Gasteiger partial charge >= 0.3 is 0 Å². The minimum Gasteiger partial charge on any atom is -0.489 e. The molecule has 0 unspecified atom stereocenters. The van der Waals surface area contributed by atoms with E-state index in [4.69, 9.17) is 4.74 Å². The van der Waals surface area contributed by atoms with E-state index >= 15 is 0 Å². The number of nitro groups is 1. The number of hydrogen-bond acceptors (Lipinski definition) is 5. The second kappa shape index (κ2) is 8.39. The summed E-state index contributed by atoms with van der Waals surface area (Å²) in [6, 6.07) is 12.7. The molecular weight excluding hydrogens is 322 g/mol. The summed E-state index contributed by atoms with van der Waals surface area (Å²) < 4.78 is 5.44. The van der Waals surface area contributed by atoms with Gasteiger partial charge in [0.05, 0.1) is 16.2 Å². The normalized spacial score (nSPS) is 10.8. The number of carbonyl (C=O) groups is 1. The van der Waals surface area contributed by atoms with E-state index in [1.807, 2.05) is 0 Å². The number of hydrazone groups is 1. The molecule has 0 fully saturated rings. The Balaban J connectivity index is 2.11. The Morgan fingerprint density at radius 2 is 1.96 bits per heavy atom. The summed E-state index contributed by atoms with van der Waals surface area (Å²) in [5.74, 6) is 0.0176. The Bertz CT molecular complexity index is 813. The van der Waals surface area contributed by atoms with Gasteiger partial charge in [-0.05, 0) is 36.8 Å². The molecule has 0 saturated heterocycles. The lowest BCUT2D eigenvalue weighted by Crippen LogP contribution is -2.20. The maximum absolute atomic E-state index is 12.3. The average molecular weight is 339 g/mol. The molecule has 2 rings (SSSR count). The molecule has 1 N–H and O–H groups in total. The molecule has 0 spiro atoms. The fourth-order valence-corrected chi connectivity index (χ4v) is 2.01. The number of nitro benzene ring substituents is 1. The third kappa shape index (κ3) is 4.74.